The number of nitrogens with zero attached hydrogens (tertiary/aromatic N) is 2. The monoisotopic (exact) mass is 260 g/mol. The van der Waals surface area contributed by atoms with Crippen molar-refractivity contribution in [1.29, 1.82) is 0 Å². The fourth-order valence-corrected chi connectivity index (χ4v) is 0.874. The number of aromatic nitrogens is 2. The molecule has 18 heavy (non-hydrogen) atoms. The van der Waals surface area contributed by atoms with Gasteiger partial charge in [-0.1, -0.05) is 18.2 Å². The molecule has 2 rings (SSSR count). The second kappa shape index (κ2) is 6.38. The van der Waals surface area contributed by atoms with Crippen molar-refractivity contribution in [2.24, 2.45) is 0 Å². The zero-order valence-corrected chi connectivity index (χ0v) is 8.79. The van der Waals surface area contributed by atoms with Gasteiger partial charge in [-0.25, -0.2) is 4.79 Å². The molecular formula is C10H7F3N2O3. The summed E-state index contributed by atoms with van der Waals surface area (Å²) in [6.07, 6.45) is -2.40. The van der Waals surface area contributed by atoms with E-state index in [0.29, 0.717) is 0 Å². The Morgan fingerprint density at radius 2 is 1.67 bits per heavy atom. The molecule has 0 unspecified atom stereocenters. The Labute approximate surface area is 99.2 Å². The summed E-state index contributed by atoms with van der Waals surface area (Å²) in [5.74, 6) is -1.40. The van der Waals surface area contributed by atoms with Crippen molar-refractivity contribution in [3.8, 4) is 0 Å². The maximum atomic E-state index is 11.5. The molecule has 0 N–H and O–H groups in total. The standard InChI is InChI=1S/C8H5F3O2.C2H2N2O/c9-8(10,11)13-7(12)6-4-2-1-3-5-6;1-3-4-2-5-1/h1-5H;1-2H. The number of hydrogen-bond acceptors (Lipinski definition) is 5. The lowest BCUT2D eigenvalue weighted by atomic mass is 10.2. The molecule has 5 nitrogen and oxygen atoms in total. The van der Waals surface area contributed by atoms with E-state index >= 15 is 0 Å². The van der Waals surface area contributed by atoms with Crippen molar-refractivity contribution in [3.63, 3.8) is 0 Å². The van der Waals surface area contributed by atoms with Gasteiger partial charge in [-0.3, -0.25) is 0 Å². The van der Waals surface area contributed by atoms with Crippen LogP contribution in [-0.2, 0) is 4.74 Å². The van der Waals surface area contributed by atoms with Crippen LogP contribution in [0.25, 0.3) is 0 Å². The lowest BCUT2D eigenvalue weighted by molar-refractivity contribution is -0.291. The van der Waals surface area contributed by atoms with Crippen LogP contribution in [0, 0.1) is 0 Å². The number of alkyl halides is 3. The Morgan fingerprint density at radius 1 is 1.11 bits per heavy atom. The average Bonchev–Trinajstić information content (AvgIpc) is 2.86. The quantitative estimate of drug-likeness (QED) is 0.737. The van der Waals surface area contributed by atoms with Crippen molar-refractivity contribution in [1.82, 2.24) is 10.2 Å². The summed E-state index contributed by atoms with van der Waals surface area (Å²) in [7, 11) is 0. The van der Waals surface area contributed by atoms with Gasteiger partial charge in [0.05, 0.1) is 5.56 Å². The molecule has 1 heterocycles. The molecule has 0 aliphatic heterocycles. The molecule has 1 aromatic heterocycles. The van der Waals surface area contributed by atoms with Crippen molar-refractivity contribution >= 4 is 5.97 Å². The van der Waals surface area contributed by atoms with Crippen LogP contribution in [0.4, 0.5) is 13.2 Å². The molecule has 0 amide bonds. The summed E-state index contributed by atoms with van der Waals surface area (Å²) in [6.45, 7) is 0. The molecule has 0 atom stereocenters. The van der Waals surface area contributed by atoms with E-state index in [9.17, 15) is 18.0 Å². The highest BCUT2D eigenvalue weighted by Crippen LogP contribution is 2.18. The lowest BCUT2D eigenvalue weighted by Gasteiger charge is -2.06. The fraction of sp³-hybridized carbons (Fsp3) is 0.100. The van der Waals surface area contributed by atoms with Gasteiger partial charge in [0.1, 0.15) is 0 Å². The normalized spacial score (nSPS) is 10.2. The van der Waals surface area contributed by atoms with E-state index in [-0.39, 0.29) is 5.56 Å². The summed E-state index contributed by atoms with van der Waals surface area (Å²) in [5.41, 5.74) is -0.125. The summed E-state index contributed by atoms with van der Waals surface area (Å²) >= 11 is 0. The third-order valence-electron chi connectivity index (χ3n) is 1.50. The van der Waals surface area contributed by atoms with Crippen molar-refractivity contribution < 1.29 is 27.1 Å². The SMILES string of the molecule is O=C(OC(F)(F)F)c1ccccc1.c1nnco1. The van der Waals surface area contributed by atoms with E-state index in [0.717, 1.165) is 0 Å². The summed E-state index contributed by atoms with van der Waals surface area (Å²) in [4.78, 5) is 10.7. The van der Waals surface area contributed by atoms with Gasteiger partial charge in [-0.05, 0) is 12.1 Å². The van der Waals surface area contributed by atoms with Gasteiger partial charge in [0.2, 0.25) is 12.8 Å². The minimum Gasteiger partial charge on any atom is -0.431 e. The minimum atomic E-state index is -4.92. The molecule has 1 aromatic carbocycles. The molecule has 96 valence electrons. The Hall–Kier alpha value is -2.38. The Morgan fingerprint density at radius 3 is 2.06 bits per heavy atom. The van der Waals surface area contributed by atoms with E-state index in [1.165, 1.54) is 37.1 Å². The van der Waals surface area contributed by atoms with E-state index in [2.05, 4.69) is 19.4 Å². The predicted molar refractivity (Wildman–Crippen MR) is 52.2 cm³/mol. The second-order valence-electron chi connectivity index (χ2n) is 2.78. The van der Waals surface area contributed by atoms with Gasteiger partial charge in [0, 0.05) is 0 Å². The first kappa shape index (κ1) is 13.7. The van der Waals surface area contributed by atoms with Crippen molar-refractivity contribution in [2.75, 3.05) is 0 Å². The Kier molecular flexibility index (Phi) is 4.85. The van der Waals surface area contributed by atoms with Gasteiger partial charge in [-0.15, -0.1) is 23.4 Å². The van der Waals surface area contributed by atoms with E-state index < -0.39 is 12.3 Å². The number of rotatable bonds is 1. The smallest absolute Gasteiger partial charge is 0.431 e. The number of carbonyl (C=O) groups excluding carboxylic acids is 1. The first-order valence-corrected chi connectivity index (χ1v) is 4.53. The number of ether oxygens (including phenoxy) is 1. The molecule has 0 aliphatic carbocycles. The van der Waals surface area contributed by atoms with Gasteiger partial charge in [0.15, 0.2) is 0 Å². The van der Waals surface area contributed by atoms with E-state index in [1.54, 1.807) is 6.07 Å². The first-order valence-electron chi connectivity index (χ1n) is 4.53. The molecule has 0 bridgehead atoms. The molecule has 0 fully saturated rings. The van der Waals surface area contributed by atoms with Gasteiger partial charge < -0.3 is 9.15 Å². The predicted octanol–water partition coefficient (Wildman–Crippen LogP) is 2.43. The van der Waals surface area contributed by atoms with Crippen LogP contribution in [0.5, 0.6) is 0 Å². The molecular weight excluding hydrogens is 253 g/mol. The van der Waals surface area contributed by atoms with Gasteiger partial charge in [-0.2, -0.15) is 0 Å². The van der Waals surface area contributed by atoms with Crippen LogP contribution in [0.15, 0.2) is 47.5 Å². The van der Waals surface area contributed by atoms with Crippen LogP contribution in [0.2, 0.25) is 0 Å². The molecule has 0 aliphatic rings. The zero-order valence-electron chi connectivity index (χ0n) is 8.79. The summed E-state index contributed by atoms with van der Waals surface area (Å²) < 4.78 is 42.2. The zero-order chi connectivity index (χ0) is 13.4. The van der Waals surface area contributed by atoms with Crippen LogP contribution in [0.3, 0.4) is 0 Å². The highest BCUT2D eigenvalue weighted by molar-refractivity contribution is 5.89. The number of esters is 1. The van der Waals surface area contributed by atoms with Gasteiger partial charge in [0.25, 0.3) is 0 Å². The third kappa shape index (κ3) is 5.64. The third-order valence-corrected chi connectivity index (χ3v) is 1.50. The van der Waals surface area contributed by atoms with Crippen LogP contribution in [0.1, 0.15) is 10.4 Å². The van der Waals surface area contributed by atoms with Crippen molar-refractivity contribution in [3.05, 3.63) is 48.7 Å². The number of halogens is 3. The first-order chi connectivity index (χ1) is 8.49. The van der Waals surface area contributed by atoms with Crippen molar-refractivity contribution in [2.45, 2.75) is 6.36 Å². The fourth-order valence-electron chi connectivity index (χ4n) is 0.874. The van der Waals surface area contributed by atoms with Gasteiger partial charge >= 0.3 is 12.3 Å². The molecule has 0 saturated carbocycles. The number of carbonyl (C=O) groups is 1. The average molecular weight is 260 g/mol. The Balaban J connectivity index is 0.000000269. The van der Waals surface area contributed by atoms with E-state index in [1.807, 2.05) is 0 Å². The van der Waals surface area contributed by atoms with Crippen LogP contribution in [-0.4, -0.2) is 22.5 Å². The molecule has 0 saturated heterocycles. The molecule has 0 radical (unpaired) electrons. The summed E-state index contributed by atoms with van der Waals surface area (Å²) in [6, 6.07) is 6.98. The highest BCUT2D eigenvalue weighted by atomic mass is 19.4. The van der Waals surface area contributed by atoms with Crippen LogP contribution >= 0.6 is 0 Å². The molecule has 2 aromatic rings. The minimum absolute atomic E-state index is 0.125. The van der Waals surface area contributed by atoms with Crippen LogP contribution < -0.4 is 0 Å². The Bertz CT molecular complexity index is 440. The van der Waals surface area contributed by atoms with E-state index in [4.69, 9.17) is 0 Å². The topological polar surface area (TPSA) is 65.2 Å². The largest absolute Gasteiger partial charge is 0.575 e. The maximum Gasteiger partial charge on any atom is 0.575 e. The summed E-state index contributed by atoms with van der Waals surface area (Å²) in [5, 5.41) is 6.61. The molecule has 0 spiro atoms. The maximum absolute atomic E-state index is 11.5. The lowest BCUT2D eigenvalue weighted by Crippen LogP contribution is -2.19. The highest BCUT2D eigenvalue weighted by Gasteiger charge is 2.34. The number of benzene rings is 1. The second-order valence-corrected chi connectivity index (χ2v) is 2.78. The molecule has 8 heteroatoms. The number of hydrogen-bond donors (Lipinski definition) is 0.